The number of carbonyl (C=O) groups excluding carboxylic acids is 2. The van der Waals surface area contributed by atoms with Crippen molar-refractivity contribution in [2.24, 2.45) is 0 Å². The summed E-state index contributed by atoms with van der Waals surface area (Å²) in [6.45, 7) is 5.51. The highest BCUT2D eigenvalue weighted by atomic mass is 35.5. The normalized spacial score (nSPS) is 18.6. The largest absolute Gasteiger partial charge is 0.377 e. The fourth-order valence-electron chi connectivity index (χ4n) is 3.93. The van der Waals surface area contributed by atoms with Crippen molar-refractivity contribution in [1.82, 2.24) is 34.5 Å². The summed E-state index contributed by atoms with van der Waals surface area (Å²) in [5.41, 5.74) is -0.215. The Bertz CT molecular complexity index is 990. The summed E-state index contributed by atoms with van der Waals surface area (Å²) in [6.07, 6.45) is 2.12. The first kappa shape index (κ1) is 20.5. The molecule has 0 aliphatic carbocycles. The molecule has 30 heavy (non-hydrogen) atoms. The molecule has 0 saturated carbocycles. The molecule has 2 aliphatic heterocycles. The number of benzene rings is 1. The van der Waals surface area contributed by atoms with Crippen molar-refractivity contribution in [2.45, 2.75) is 25.8 Å². The predicted octanol–water partition coefficient (Wildman–Crippen LogP) is 0.679. The minimum Gasteiger partial charge on any atom is -0.341 e. The molecule has 0 radical (unpaired) electrons. The van der Waals surface area contributed by atoms with Crippen LogP contribution in [-0.4, -0.2) is 91.7 Å². The van der Waals surface area contributed by atoms with Crippen LogP contribution in [0.3, 0.4) is 0 Å². The molecule has 1 unspecified atom stereocenters. The van der Waals surface area contributed by atoms with Crippen molar-refractivity contribution in [3.63, 3.8) is 0 Å². The summed E-state index contributed by atoms with van der Waals surface area (Å²) in [6, 6.07) is 5.87. The Morgan fingerprint density at radius 3 is 2.37 bits per heavy atom. The maximum absolute atomic E-state index is 12.8. The number of hydrogen-bond acceptors (Lipinski definition) is 6. The van der Waals surface area contributed by atoms with E-state index in [1.54, 1.807) is 29.2 Å². The van der Waals surface area contributed by atoms with Crippen LogP contribution in [0.2, 0.25) is 5.02 Å². The van der Waals surface area contributed by atoms with Crippen LogP contribution in [0.1, 0.15) is 19.8 Å². The van der Waals surface area contributed by atoms with Crippen molar-refractivity contribution < 1.29 is 9.59 Å². The fraction of sp³-hybridized carbons (Fsp3) is 0.526. The highest BCUT2D eigenvalue weighted by molar-refractivity contribution is 6.30. The second-order valence-corrected chi connectivity index (χ2v) is 8.02. The quantitative estimate of drug-likeness (QED) is 0.660. The Kier molecular flexibility index (Phi) is 5.87. The average molecular weight is 434 g/mol. The van der Waals surface area contributed by atoms with Crippen LogP contribution in [0.25, 0.3) is 5.69 Å². The first-order chi connectivity index (χ1) is 14.5. The Balaban J connectivity index is 1.40. The predicted molar refractivity (Wildman–Crippen MR) is 110 cm³/mol. The van der Waals surface area contributed by atoms with Gasteiger partial charge in [-0.3, -0.25) is 9.69 Å². The minimum absolute atomic E-state index is 0.146. The van der Waals surface area contributed by atoms with E-state index in [4.69, 9.17) is 11.6 Å². The molecule has 2 aromatic rings. The van der Waals surface area contributed by atoms with Gasteiger partial charge >= 0.3 is 11.7 Å². The van der Waals surface area contributed by atoms with E-state index in [-0.39, 0.29) is 11.9 Å². The fourth-order valence-corrected chi connectivity index (χ4v) is 4.11. The van der Waals surface area contributed by atoms with Gasteiger partial charge in [-0.05, 0) is 48.4 Å². The first-order valence-corrected chi connectivity index (χ1v) is 10.5. The molecule has 2 aliphatic rings. The molecule has 160 valence electrons. The van der Waals surface area contributed by atoms with E-state index in [0.717, 1.165) is 35.3 Å². The van der Waals surface area contributed by atoms with Crippen molar-refractivity contribution in [3.05, 3.63) is 39.8 Å². The van der Waals surface area contributed by atoms with E-state index >= 15 is 0 Å². The Morgan fingerprint density at radius 1 is 1.00 bits per heavy atom. The molecule has 1 aromatic heterocycles. The maximum atomic E-state index is 12.8. The standard InChI is InChI=1S/C19H24ClN7O3/c1-14(17(28)24-7-2-3-8-24)23-9-11-25(12-10-23)18(29)27-19(30)26(21-22-27)16-6-4-5-15(20)13-16/h4-6,13-14H,2-3,7-12H2,1H3. The molecule has 2 saturated heterocycles. The second-order valence-electron chi connectivity index (χ2n) is 7.58. The van der Waals surface area contributed by atoms with E-state index in [2.05, 4.69) is 15.3 Å². The van der Waals surface area contributed by atoms with Gasteiger partial charge in [0.15, 0.2) is 0 Å². The van der Waals surface area contributed by atoms with E-state index in [1.165, 1.54) is 0 Å². The second kappa shape index (κ2) is 8.57. The molecule has 10 nitrogen and oxygen atoms in total. The third kappa shape index (κ3) is 3.97. The lowest BCUT2D eigenvalue weighted by Crippen LogP contribution is -2.56. The number of tetrazole rings is 1. The van der Waals surface area contributed by atoms with Gasteiger partial charge in [0, 0.05) is 44.3 Å². The molecule has 2 amide bonds. The van der Waals surface area contributed by atoms with Gasteiger partial charge in [0.1, 0.15) is 0 Å². The lowest BCUT2D eigenvalue weighted by atomic mass is 10.2. The van der Waals surface area contributed by atoms with Crippen molar-refractivity contribution in [2.75, 3.05) is 39.3 Å². The SMILES string of the molecule is CC(C(=O)N1CCCC1)N1CCN(C(=O)n2nnn(-c3cccc(Cl)c3)c2=O)CC1. The number of halogens is 1. The Labute approximate surface area is 178 Å². The first-order valence-electron chi connectivity index (χ1n) is 10.1. The van der Waals surface area contributed by atoms with Crippen molar-refractivity contribution >= 4 is 23.5 Å². The van der Waals surface area contributed by atoms with Crippen molar-refractivity contribution in [1.29, 1.82) is 0 Å². The highest BCUT2D eigenvalue weighted by Gasteiger charge is 2.32. The zero-order valence-corrected chi connectivity index (χ0v) is 17.5. The molecule has 1 atom stereocenters. The molecule has 2 fully saturated rings. The molecule has 1 aromatic carbocycles. The zero-order valence-electron chi connectivity index (χ0n) is 16.8. The minimum atomic E-state index is -0.651. The van der Waals surface area contributed by atoms with Crippen molar-refractivity contribution in [3.8, 4) is 5.69 Å². The van der Waals surface area contributed by atoms with E-state index in [1.807, 2.05) is 11.8 Å². The van der Waals surface area contributed by atoms with Gasteiger partial charge in [-0.2, -0.15) is 4.68 Å². The summed E-state index contributed by atoms with van der Waals surface area (Å²) < 4.78 is 1.80. The summed E-state index contributed by atoms with van der Waals surface area (Å²) in [7, 11) is 0. The number of nitrogens with zero attached hydrogens (tertiary/aromatic N) is 7. The van der Waals surface area contributed by atoms with Gasteiger partial charge in [-0.1, -0.05) is 17.7 Å². The molecule has 0 spiro atoms. The van der Waals surface area contributed by atoms with Crippen LogP contribution in [-0.2, 0) is 4.79 Å². The number of hydrogen-bond donors (Lipinski definition) is 0. The lowest BCUT2D eigenvalue weighted by molar-refractivity contribution is -0.135. The molecular weight excluding hydrogens is 410 g/mol. The topological polar surface area (TPSA) is 96.6 Å². The Morgan fingerprint density at radius 2 is 1.70 bits per heavy atom. The molecule has 11 heteroatoms. The van der Waals surface area contributed by atoms with Gasteiger partial charge < -0.3 is 9.80 Å². The van der Waals surface area contributed by atoms with Gasteiger partial charge in [0.25, 0.3) is 0 Å². The molecule has 4 rings (SSSR count). The highest BCUT2D eigenvalue weighted by Crippen LogP contribution is 2.15. The summed E-state index contributed by atoms with van der Waals surface area (Å²) in [5, 5.41) is 8.00. The summed E-state index contributed by atoms with van der Waals surface area (Å²) in [5.74, 6) is 0.146. The number of rotatable bonds is 3. The van der Waals surface area contributed by atoms with Gasteiger partial charge in [0.2, 0.25) is 5.91 Å². The summed E-state index contributed by atoms with van der Waals surface area (Å²) in [4.78, 5) is 43.6. The van der Waals surface area contributed by atoms with Crippen LogP contribution in [0.15, 0.2) is 29.1 Å². The smallest absolute Gasteiger partial charge is 0.341 e. The monoisotopic (exact) mass is 433 g/mol. The molecule has 0 N–H and O–H groups in total. The van der Waals surface area contributed by atoms with Gasteiger partial charge in [-0.15, -0.1) is 4.68 Å². The van der Waals surface area contributed by atoms with Gasteiger partial charge in [0.05, 0.1) is 11.7 Å². The number of carbonyl (C=O) groups is 2. The maximum Gasteiger partial charge on any atom is 0.377 e. The van der Waals surface area contributed by atoms with E-state index in [9.17, 15) is 14.4 Å². The summed E-state index contributed by atoms with van der Waals surface area (Å²) >= 11 is 5.96. The van der Waals surface area contributed by atoms with Crippen LogP contribution in [0.5, 0.6) is 0 Å². The number of aromatic nitrogens is 4. The Hall–Kier alpha value is -2.72. The van der Waals surface area contributed by atoms with Crippen LogP contribution < -0.4 is 5.69 Å². The lowest BCUT2D eigenvalue weighted by Gasteiger charge is -2.38. The zero-order chi connectivity index (χ0) is 21.3. The average Bonchev–Trinajstić information content (AvgIpc) is 3.42. The van der Waals surface area contributed by atoms with Crippen LogP contribution in [0.4, 0.5) is 4.79 Å². The van der Waals surface area contributed by atoms with E-state index < -0.39 is 11.7 Å². The third-order valence-corrected chi connectivity index (χ3v) is 5.96. The van der Waals surface area contributed by atoms with E-state index in [0.29, 0.717) is 36.9 Å². The number of piperazine rings is 1. The van der Waals surface area contributed by atoms with Crippen LogP contribution in [0, 0.1) is 0 Å². The molecule has 3 heterocycles. The van der Waals surface area contributed by atoms with Gasteiger partial charge in [-0.25, -0.2) is 9.59 Å². The number of amides is 2. The number of likely N-dealkylation sites (tertiary alicyclic amines) is 1. The third-order valence-electron chi connectivity index (χ3n) is 5.72. The molecular formula is C19H24ClN7O3. The van der Waals surface area contributed by atoms with Crippen LogP contribution >= 0.6 is 11.6 Å². The molecule has 0 bridgehead atoms.